The second-order valence-electron chi connectivity index (χ2n) is 6.78. The van der Waals surface area contributed by atoms with E-state index in [1.807, 2.05) is 0 Å². The molecule has 1 aliphatic carbocycles. The largest absolute Gasteiger partial charge is 0.345 e. The van der Waals surface area contributed by atoms with Gasteiger partial charge in [-0.2, -0.15) is 0 Å². The molecule has 1 aromatic carbocycles. The van der Waals surface area contributed by atoms with Crippen molar-refractivity contribution >= 4 is 28.1 Å². The van der Waals surface area contributed by atoms with E-state index < -0.39 is 0 Å². The molecular formula is C17H19BrN2S. The van der Waals surface area contributed by atoms with Crippen LogP contribution in [0.3, 0.4) is 0 Å². The van der Waals surface area contributed by atoms with E-state index in [1.165, 1.54) is 5.56 Å². The van der Waals surface area contributed by atoms with Gasteiger partial charge in [0.2, 0.25) is 0 Å². The lowest BCUT2D eigenvalue weighted by Crippen LogP contribution is -2.21. The number of benzene rings is 1. The molecule has 1 N–H and O–H groups in total. The van der Waals surface area contributed by atoms with Crippen LogP contribution < -0.4 is 0 Å². The maximum Gasteiger partial charge on any atom is 0.144 e. The molecule has 4 heteroatoms. The van der Waals surface area contributed by atoms with E-state index in [-0.39, 0.29) is 10.8 Å². The quantitative estimate of drug-likeness (QED) is 0.736. The van der Waals surface area contributed by atoms with Crippen molar-refractivity contribution in [3.8, 4) is 0 Å². The Balaban J connectivity index is 2.17. The smallest absolute Gasteiger partial charge is 0.144 e. The molecule has 0 bridgehead atoms. The summed E-state index contributed by atoms with van der Waals surface area (Å²) in [6.45, 7) is 6.55. The SMILES string of the molecule is CC(C)(C)c1[nH]c(C2(c3ccccc3)CC2)nc(=S)c1Br. The standard InChI is InChI=1S/C17H19BrN2S/c1-16(2,3)13-12(18)14(21)20-15(19-13)17(9-10-17)11-7-5-4-6-8-11/h4-8H,9-10H2,1-3H3,(H,19,20,21). The average Bonchev–Trinajstić information content (AvgIpc) is 3.23. The number of aromatic nitrogens is 2. The Morgan fingerprint density at radius 2 is 1.81 bits per heavy atom. The van der Waals surface area contributed by atoms with Crippen LogP contribution in [0.5, 0.6) is 0 Å². The molecule has 2 nitrogen and oxygen atoms in total. The lowest BCUT2D eigenvalue weighted by molar-refractivity contribution is 0.552. The predicted molar refractivity (Wildman–Crippen MR) is 92.3 cm³/mol. The van der Waals surface area contributed by atoms with Gasteiger partial charge in [0.05, 0.1) is 9.89 Å². The second-order valence-corrected chi connectivity index (χ2v) is 7.96. The van der Waals surface area contributed by atoms with Crippen LogP contribution in [0, 0.1) is 4.64 Å². The minimum absolute atomic E-state index is 0.00312. The molecule has 1 aromatic heterocycles. The highest BCUT2D eigenvalue weighted by Crippen LogP contribution is 2.52. The van der Waals surface area contributed by atoms with Crippen molar-refractivity contribution in [2.75, 3.05) is 0 Å². The highest BCUT2D eigenvalue weighted by molar-refractivity contribution is 9.10. The Labute approximate surface area is 139 Å². The number of halogens is 1. The van der Waals surface area contributed by atoms with E-state index >= 15 is 0 Å². The van der Waals surface area contributed by atoms with Crippen molar-refractivity contribution in [3.63, 3.8) is 0 Å². The highest BCUT2D eigenvalue weighted by atomic mass is 79.9. The van der Waals surface area contributed by atoms with Crippen LogP contribution in [-0.2, 0) is 10.8 Å². The monoisotopic (exact) mass is 362 g/mol. The first-order valence-corrected chi connectivity index (χ1v) is 8.41. The number of nitrogens with zero attached hydrogens (tertiary/aromatic N) is 1. The van der Waals surface area contributed by atoms with Crippen LogP contribution in [0.15, 0.2) is 34.8 Å². The third kappa shape index (κ3) is 2.59. The van der Waals surface area contributed by atoms with Crippen LogP contribution >= 0.6 is 28.1 Å². The number of hydrogen-bond acceptors (Lipinski definition) is 2. The fourth-order valence-electron chi connectivity index (χ4n) is 2.75. The van der Waals surface area contributed by atoms with Gasteiger partial charge in [-0.05, 0) is 34.3 Å². The normalized spacial score (nSPS) is 16.8. The zero-order valence-electron chi connectivity index (χ0n) is 12.5. The van der Waals surface area contributed by atoms with Gasteiger partial charge >= 0.3 is 0 Å². The minimum Gasteiger partial charge on any atom is -0.345 e. The lowest BCUT2D eigenvalue weighted by atomic mass is 9.90. The maximum atomic E-state index is 5.47. The molecule has 1 aliphatic rings. The summed E-state index contributed by atoms with van der Waals surface area (Å²) in [4.78, 5) is 8.24. The molecule has 0 radical (unpaired) electrons. The Morgan fingerprint density at radius 1 is 1.19 bits per heavy atom. The van der Waals surface area contributed by atoms with E-state index in [4.69, 9.17) is 12.2 Å². The summed E-state index contributed by atoms with van der Waals surface area (Å²) in [6, 6.07) is 10.6. The molecular weight excluding hydrogens is 344 g/mol. The van der Waals surface area contributed by atoms with Gasteiger partial charge in [-0.3, -0.25) is 0 Å². The van der Waals surface area contributed by atoms with Crippen molar-refractivity contribution in [2.45, 2.75) is 44.4 Å². The molecule has 0 spiro atoms. The summed E-state index contributed by atoms with van der Waals surface area (Å²) in [5.41, 5.74) is 2.47. The number of rotatable bonds is 2. The van der Waals surface area contributed by atoms with Gasteiger partial charge in [0.1, 0.15) is 10.5 Å². The van der Waals surface area contributed by atoms with E-state index in [2.05, 4.69) is 77.0 Å². The summed E-state index contributed by atoms with van der Waals surface area (Å²) in [5, 5.41) is 0. The fourth-order valence-corrected chi connectivity index (χ4v) is 3.72. The van der Waals surface area contributed by atoms with Crippen LogP contribution in [0.1, 0.15) is 50.7 Å². The first-order chi connectivity index (χ1) is 9.84. The van der Waals surface area contributed by atoms with Gasteiger partial charge in [0.25, 0.3) is 0 Å². The molecule has 1 fully saturated rings. The predicted octanol–water partition coefficient (Wildman–Crippen LogP) is 5.28. The Bertz CT molecular complexity index is 725. The van der Waals surface area contributed by atoms with Crippen LogP contribution in [0.25, 0.3) is 0 Å². The van der Waals surface area contributed by atoms with E-state index in [0.29, 0.717) is 4.64 Å². The number of H-pyrrole nitrogens is 1. The Kier molecular flexibility index (Phi) is 3.57. The van der Waals surface area contributed by atoms with Crippen LogP contribution in [0.2, 0.25) is 0 Å². The van der Waals surface area contributed by atoms with Gasteiger partial charge in [-0.25, -0.2) is 4.98 Å². The van der Waals surface area contributed by atoms with E-state index in [9.17, 15) is 0 Å². The Morgan fingerprint density at radius 3 is 2.33 bits per heavy atom. The van der Waals surface area contributed by atoms with Gasteiger partial charge < -0.3 is 4.98 Å². The molecule has 1 saturated carbocycles. The van der Waals surface area contributed by atoms with Crippen LogP contribution in [-0.4, -0.2) is 9.97 Å². The molecule has 1 heterocycles. The van der Waals surface area contributed by atoms with E-state index in [0.717, 1.165) is 28.8 Å². The van der Waals surface area contributed by atoms with Crippen molar-refractivity contribution in [1.82, 2.24) is 9.97 Å². The van der Waals surface area contributed by atoms with Crippen LogP contribution in [0.4, 0.5) is 0 Å². The highest BCUT2D eigenvalue weighted by Gasteiger charge is 2.48. The molecule has 3 rings (SSSR count). The van der Waals surface area contributed by atoms with Crippen molar-refractivity contribution in [3.05, 3.63) is 56.5 Å². The fraction of sp³-hybridized carbons (Fsp3) is 0.412. The van der Waals surface area contributed by atoms with Gasteiger partial charge in [-0.1, -0.05) is 63.3 Å². The van der Waals surface area contributed by atoms with Gasteiger partial charge in [0, 0.05) is 11.1 Å². The summed E-state index contributed by atoms with van der Waals surface area (Å²) in [7, 11) is 0. The maximum absolute atomic E-state index is 5.47. The second kappa shape index (κ2) is 5.03. The molecule has 0 saturated heterocycles. The molecule has 21 heavy (non-hydrogen) atoms. The van der Waals surface area contributed by atoms with Crippen molar-refractivity contribution < 1.29 is 0 Å². The molecule has 110 valence electrons. The molecule has 2 aromatic rings. The molecule has 0 aliphatic heterocycles. The topological polar surface area (TPSA) is 28.7 Å². The summed E-state index contributed by atoms with van der Waals surface area (Å²) >= 11 is 9.06. The molecule has 0 amide bonds. The van der Waals surface area contributed by atoms with Gasteiger partial charge in [0.15, 0.2) is 0 Å². The number of hydrogen-bond donors (Lipinski definition) is 1. The third-order valence-corrected chi connectivity index (χ3v) is 5.47. The average molecular weight is 363 g/mol. The van der Waals surface area contributed by atoms with Gasteiger partial charge in [-0.15, -0.1) is 0 Å². The first kappa shape index (κ1) is 14.9. The number of nitrogens with one attached hydrogen (secondary N) is 1. The van der Waals surface area contributed by atoms with Crippen molar-refractivity contribution in [1.29, 1.82) is 0 Å². The summed E-state index contributed by atoms with van der Waals surface area (Å²) in [5.74, 6) is 1.01. The van der Waals surface area contributed by atoms with E-state index in [1.54, 1.807) is 0 Å². The van der Waals surface area contributed by atoms with Crippen molar-refractivity contribution in [2.24, 2.45) is 0 Å². The first-order valence-electron chi connectivity index (χ1n) is 7.21. The minimum atomic E-state index is -0.00312. The number of aromatic amines is 1. The lowest BCUT2D eigenvalue weighted by Gasteiger charge is -2.24. The third-order valence-electron chi connectivity index (χ3n) is 4.14. The molecule has 0 unspecified atom stereocenters. The summed E-state index contributed by atoms with van der Waals surface area (Å²) in [6.07, 6.45) is 2.25. The summed E-state index contributed by atoms with van der Waals surface area (Å²) < 4.78 is 1.56. The zero-order valence-corrected chi connectivity index (χ0v) is 14.9. The molecule has 0 atom stereocenters. The zero-order chi connectivity index (χ0) is 15.3. The Hall–Kier alpha value is -1.00.